The highest BCUT2D eigenvalue weighted by Crippen LogP contribution is 2.66. The molecule has 36 heavy (non-hydrogen) atoms. The number of carbonyl (C=O) groups excluding carboxylic acids is 1. The number of nitrogens with zero attached hydrogens (tertiary/aromatic N) is 1. The zero-order chi connectivity index (χ0) is 26.3. The summed E-state index contributed by atoms with van der Waals surface area (Å²) in [5.41, 5.74) is 5.35. The van der Waals surface area contributed by atoms with E-state index in [4.69, 9.17) is 16.3 Å². The van der Waals surface area contributed by atoms with Crippen molar-refractivity contribution in [3.63, 3.8) is 0 Å². The lowest BCUT2D eigenvalue weighted by Crippen LogP contribution is -2.56. The Morgan fingerprint density at radius 2 is 1.94 bits per heavy atom. The van der Waals surface area contributed by atoms with E-state index in [2.05, 4.69) is 13.8 Å². The molecule has 0 spiro atoms. The van der Waals surface area contributed by atoms with Gasteiger partial charge in [0.1, 0.15) is 0 Å². The summed E-state index contributed by atoms with van der Waals surface area (Å²) in [6.07, 6.45) is 8.01. The summed E-state index contributed by atoms with van der Waals surface area (Å²) < 4.78 is 33.2. The summed E-state index contributed by atoms with van der Waals surface area (Å²) in [6, 6.07) is 2.29. The van der Waals surface area contributed by atoms with E-state index in [-0.39, 0.29) is 53.0 Å². The number of hydrazine groups is 1. The van der Waals surface area contributed by atoms with Crippen molar-refractivity contribution in [2.24, 2.45) is 46.3 Å². The van der Waals surface area contributed by atoms with E-state index in [0.717, 1.165) is 62.4 Å². The van der Waals surface area contributed by atoms with E-state index in [9.17, 15) is 18.7 Å². The highest BCUT2D eigenvalue weighted by Gasteiger charge is 2.61. The number of nitrogen functional groups attached to an aromatic ring is 1. The monoisotopic (exact) mass is 507 g/mol. The summed E-state index contributed by atoms with van der Waals surface area (Å²) in [7, 11) is 1.77. The van der Waals surface area contributed by atoms with Crippen molar-refractivity contribution in [2.45, 2.75) is 65.2 Å². The average Bonchev–Trinajstić information content (AvgIpc) is 3.20. The van der Waals surface area contributed by atoms with E-state index in [0.29, 0.717) is 24.4 Å². The maximum Gasteiger partial charge on any atom is 0.183 e. The quantitative estimate of drug-likeness (QED) is 0.255. The summed E-state index contributed by atoms with van der Waals surface area (Å²) in [5, 5.41) is 11.4. The highest BCUT2D eigenvalue weighted by atomic mass is 19.2. The second-order valence-electron chi connectivity index (χ2n) is 11.8. The first-order valence-electron chi connectivity index (χ1n) is 13.5. The molecular formula is C28H43F2N3O3. The van der Waals surface area contributed by atoms with Gasteiger partial charge in [-0.2, -0.15) is 0 Å². The van der Waals surface area contributed by atoms with E-state index >= 15 is 0 Å². The van der Waals surface area contributed by atoms with E-state index < -0.39 is 11.6 Å². The van der Waals surface area contributed by atoms with Gasteiger partial charge >= 0.3 is 0 Å². The van der Waals surface area contributed by atoms with Crippen LogP contribution >= 0.6 is 0 Å². The first kappa shape index (κ1) is 27.3. The Hall–Kier alpha value is -1.77. The minimum atomic E-state index is -1.15. The zero-order valence-corrected chi connectivity index (χ0v) is 21.9. The van der Waals surface area contributed by atoms with Crippen LogP contribution in [0.15, 0.2) is 12.1 Å². The van der Waals surface area contributed by atoms with Crippen molar-refractivity contribution < 1.29 is 23.4 Å². The van der Waals surface area contributed by atoms with Crippen LogP contribution in [-0.4, -0.2) is 37.8 Å². The molecule has 3 saturated carbocycles. The number of hydrogen-bond acceptors (Lipinski definition) is 6. The number of rotatable bonds is 9. The first-order chi connectivity index (χ1) is 17.1. The fourth-order valence-corrected chi connectivity index (χ4v) is 8.78. The second kappa shape index (κ2) is 10.5. The minimum Gasteiger partial charge on any atom is -0.396 e. The Kier molecular flexibility index (Phi) is 7.98. The van der Waals surface area contributed by atoms with Crippen molar-refractivity contribution in [3.8, 4) is 0 Å². The number of methoxy groups -OCH3 is 1. The van der Waals surface area contributed by atoms with Crippen LogP contribution in [0, 0.1) is 52.1 Å². The predicted molar refractivity (Wildman–Crippen MR) is 137 cm³/mol. The number of fused-ring (bicyclic) bond motifs is 3. The van der Waals surface area contributed by atoms with Crippen LogP contribution in [-0.2, 0) is 9.53 Å². The van der Waals surface area contributed by atoms with Crippen LogP contribution < -0.4 is 16.6 Å². The molecule has 0 aliphatic heterocycles. The molecule has 6 nitrogen and oxygen atoms in total. The fraction of sp³-hybridized carbons (Fsp3) is 0.750. The second-order valence-corrected chi connectivity index (χ2v) is 11.8. The molecule has 0 saturated heterocycles. The van der Waals surface area contributed by atoms with Crippen LogP contribution in [0.2, 0.25) is 0 Å². The first-order valence-corrected chi connectivity index (χ1v) is 13.5. The van der Waals surface area contributed by atoms with Crippen LogP contribution in [0.1, 0.15) is 65.2 Å². The van der Waals surface area contributed by atoms with Crippen molar-refractivity contribution in [2.75, 3.05) is 37.6 Å². The van der Waals surface area contributed by atoms with Gasteiger partial charge in [0.15, 0.2) is 17.4 Å². The normalized spacial score (nSPS) is 35.8. The largest absolute Gasteiger partial charge is 0.396 e. The minimum absolute atomic E-state index is 0.0111. The van der Waals surface area contributed by atoms with Gasteiger partial charge in [0.25, 0.3) is 0 Å². The molecule has 0 amide bonds. The lowest BCUT2D eigenvalue weighted by Gasteiger charge is -2.59. The van der Waals surface area contributed by atoms with Crippen LogP contribution in [0.25, 0.3) is 0 Å². The fourth-order valence-electron chi connectivity index (χ4n) is 8.78. The number of aliphatic hydroxyl groups excluding tert-OH is 1. The number of ketones is 1. The lowest BCUT2D eigenvalue weighted by atomic mass is 9.46. The number of benzene rings is 1. The molecule has 1 aromatic carbocycles. The van der Waals surface area contributed by atoms with Gasteiger partial charge in [-0.1, -0.05) is 20.3 Å². The molecule has 3 aliphatic carbocycles. The predicted octanol–water partition coefficient (Wildman–Crippen LogP) is 4.69. The van der Waals surface area contributed by atoms with Gasteiger partial charge in [0, 0.05) is 25.0 Å². The molecule has 0 bridgehead atoms. The molecular weight excluding hydrogens is 464 g/mol. The number of ether oxygens (including phenoxy) is 1. The topological polar surface area (TPSA) is 102 Å². The number of Topliss-reactive ketones (excluding diaryl/α,β-unsaturated/α-hetero) is 1. The van der Waals surface area contributed by atoms with Gasteiger partial charge in [-0.3, -0.25) is 4.79 Å². The van der Waals surface area contributed by atoms with Crippen molar-refractivity contribution in [3.05, 3.63) is 23.8 Å². The molecule has 202 valence electrons. The number of anilines is 2. The number of carbonyl (C=O) groups is 1. The van der Waals surface area contributed by atoms with Crippen LogP contribution in [0.4, 0.5) is 20.2 Å². The van der Waals surface area contributed by atoms with Gasteiger partial charge in [-0.05, 0) is 86.2 Å². The Morgan fingerprint density at radius 1 is 1.19 bits per heavy atom. The maximum absolute atomic E-state index is 14.0. The highest BCUT2D eigenvalue weighted by molar-refractivity contribution is 5.87. The molecule has 0 aromatic heterocycles. The van der Waals surface area contributed by atoms with Gasteiger partial charge in [0.2, 0.25) is 0 Å². The SMILES string of the molecule is CCCC1(COC)C(CO)CCC2C3CCC(C(=O)CN(N)c4ccc(F)c(F)c4N)C3(C)CCC21. The Morgan fingerprint density at radius 3 is 2.61 bits per heavy atom. The van der Waals surface area contributed by atoms with Crippen molar-refractivity contribution in [1.82, 2.24) is 0 Å². The molecule has 0 radical (unpaired) electrons. The third kappa shape index (κ3) is 4.33. The third-order valence-corrected chi connectivity index (χ3v) is 10.3. The number of aliphatic hydroxyl groups is 1. The van der Waals surface area contributed by atoms with Gasteiger partial charge < -0.3 is 20.6 Å². The standard InChI is InChI=1S/C28H43F2N3O3/c1-4-12-28(16-36-3)17(15-34)5-6-18-19-7-8-21(27(19,2)13-11-20(18)28)24(35)14-33(32)23-10-9-22(29)25(30)26(23)31/h9-10,17-21,34H,4-8,11-16,31-32H2,1-3H3. The smallest absolute Gasteiger partial charge is 0.183 e. The summed E-state index contributed by atoms with van der Waals surface area (Å²) in [4.78, 5) is 13.6. The molecule has 5 N–H and O–H groups in total. The molecule has 7 atom stereocenters. The molecule has 1 aromatic rings. The average molecular weight is 508 g/mol. The lowest BCUT2D eigenvalue weighted by molar-refractivity contribution is -0.148. The third-order valence-electron chi connectivity index (χ3n) is 10.3. The Bertz CT molecular complexity index is 954. The van der Waals surface area contributed by atoms with Crippen molar-refractivity contribution in [1.29, 1.82) is 0 Å². The summed E-state index contributed by atoms with van der Waals surface area (Å²) in [6.45, 7) is 5.27. The van der Waals surface area contributed by atoms with Crippen LogP contribution in [0.3, 0.4) is 0 Å². The van der Waals surface area contributed by atoms with E-state index in [1.165, 1.54) is 6.07 Å². The molecule has 7 unspecified atom stereocenters. The Labute approximate surface area is 213 Å². The van der Waals surface area contributed by atoms with Gasteiger partial charge in [-0.25, -0.2) is 14.6 Å². The summed E-state index contributed by atoms with van der Waals surface area (Å²) >= 11 is 0. The molecule has 0 heterocycles. The molecule has 4 rings (SSSR count). The zero-order valence-electron chi connectivity index (χ0n) is 21.9. The molecule has 8 heteroatoms. The van der Waals surface area contributed by atoms with E-state index in [1.54, 1.807) is 7.11 Å². The van der Waals surface area contributed by atoms with Gasteiger partial charge in [0.05, 0.1) is 24.5 Å². The Balaban J connectivity index is 1.54. The molecule has 3 fully saturated rings. The number of hydrogen-bond donors (Lipinski definition) is 3. The van der Waals surface area contributed by atoms with Crippen molar-refractivity contribution >= 4 is 17.2 Å². The van der Waals surface area contributed by atoms with E-state index in [1.807, 2.05) is 0 Å². The van der Waals surface area contributed by atoms with Crippen LogP contribution in [0.5, 0.6) is 0 Å². The molecule has 3 aliphatic rings. The maximum atomic E-state index is 14.0. The number of halogens is 2. The van der Waals surface area contributed by atoms with Gasteiger partial charge in [-0.15, -0.1) is 0 Å². The summed E-state index contributed by atoms with van der Waals surface area (Å²) in [5.74, 6) is 5.57. The number of nitrogens with two attached hydrogens (primary N) is 2.